The molecule has 184 valence electrons. The summed E-state index contributed by atoms with van der Waals surface area (Å²) < 4.78 is 12.6. The maximum absolute atomic E-state index is 13.6. The first-order valence-electron chi connectivity index (χ1n) is 11.6. The number of ether oxygens (including phenoxy) is 2. The van der Waals surface area contributed by atoms with Gasteiger partial charge in [0.25, 0.3) is 5.56 Å². The van der Waals surface area contributed by atoms with Crippen molar-refractivity contribution in [3.8, 4) is 0 Å². The lowest BCUT2D eigenvalue weighted by molar-refractivity contribution is -0.136. The summed E-state index contributed by atoms with van der Waals surface area (Å²) in [5.74, 6) is -1.55. The van der Waals surface area contributed by atoms with Crippen LogP contribution in [-0.2, 0) is 14.3 Å². The topological polar surface area (TPSA) is 123 Å². The molecule has 36 heavy (non-hydrogen) atoms. The van der Waals surface area contributed by atoms with E-state index < -0.39 is 24.1 Å². The number of carbonyl (C=O) groups is 2. The highest BCUT2D eigenvalue weighted by atomic mass is 16.5. The lowest BCUT2D eigenvalue weighted by atomic mass is 9.96. The van der Waals surface area contributed by atoms with Crippen molar-refractivity contribution < 1.29 is 24.2 Å². The van der Waals surface area contributed by atoms with Gasteiger partial charge in [0.2, 0.25) is 5.62 Å². The first kappa shape index (κ1) is 23.5. The number of nitrogens with one attached hydrogen (secondary N) is 1. The second kappa shape index (κ2) is 9.43. The Morgan fingerprint density at radius 3 is 2.58 bits per heavy atom. The van der Waals surface area contributed by atoms with Crippen LogP contribution < -0.4 is 16.5 Å². The van der Waals surface area contributed by atoms with E-state index in [4.69, 9.17) is 9.47 Å². The fourth-order valence-corrected chi connectivity index (χ4v) is 4.93. The highest BCUT2D eigenvalue weighted by Gasteiger charge is 2.33. The number of aromatic amines is 1. The number of esters is 1. The molecule has 1 saturated heterocycles. The van der Waals surface area contributed by atoms with E-state index >= 15 is 0 Å². The summed E-state index contributed by atoms with van der Waals surface area (Å²) in [5, 5.41) is 9.81. The third-order valence-electron chi connectivity index (χ3n) is 6.58. The summed E-state index contributed by atoms with van der Waals surface area (Å²) in [4.78, 5) is 45.4. The van der Waals surface area contributed by atoms with E-state index in [2.05, 4.69) is 9.98 Å². The van der Waals surface area contributed by atoms with Crippen molar-refractivity contribution in [3.63, 3.8) is 0 Å². The predicted octanol–water partition coefficient (Wildman–Crippen LogP) is 2.25. The highest BCUT2D eigenvalue weighted by molar-refractivity contribution is 5.91. The molecule has 2 aliphatic heterocycles. The minimum absolute atomic E-state index is 0.208. The Morgan fingerprint density at radius 1 is 1.14 bits per heavy atom. The minimum atomic E-state index is -1.00. The number of aromatic nitrogens is 2. The van der Waals surface area contributed by atoms with Gasteiger partial charge in [-0.1, -0.05) is 48.5 Å². The van der Waals surface area contributed by atoms with Crippen LogP contribution in [0.3, 0.4) is 0 Å². The summed E-state index contributed by atoms with van der Waals surface area (Å²) in [5.41, 5.74) is 2.33. The molecule has 1 fully saturated rings. The number of benzene rings is 2. The minimum Gasteiger partial charge on any atom is -0.478 e. The molecule has 2 N–H and O–H groups in total. The number of carboxylic acid groups (broad SMARTS) is 1. The number of imidazole rings is 1. The molecule has 0 radical (unpaired) electrons. The Bertz CT molecular complexity index is 1550. The molecule has 3 atom stereocenters. The molecule has 1 aromatic heterocycles. The number of allylic oxidation sites excluding steroid dienone is 1. The van der Waals surface area contributed by atoms with Gasteiger partial charge in [-0.15, -0.1) is 0 Å². The van der Waals surface area contributed by atoms with Gasteiger partial charge in [-0.25, -0.2) is 14.6 Å². The summed E-state index contributed by atoms with van der Waals surface area (Å²) in [7, 11) is 1.30. The number of carboxylic acids is 1. The van der Waals surface area contributed by atoms with E-state index in [0.29, 0.717) is 40.6 Å². The molecule has 3 heterocycles. The van der Waals surface area contributed by atoms with Crippen LogP contribution in [-0.4, -0.2) is 39.8 Å². The average molecular weight is 488 g/mol. The van der Waals surface area contributed by atoms with Gasteiger partial charge in [0.05, 0.1) is 42.2 Å². The first-order chi connectivity index (χ1) is 17.4. The van der Waals surface area contributed by atoms with Crippen molar-refractivity contribution >= 4 is 18.0 Å². The quantitative estimate of drug-likeness (QED) is 0.532. The van der Waals surface area contributed by atoms with Crippen LogP contribution in [0.5, 0.6) is 0 Å². The summed E-state index contributed by atoms with van der Waals surface area (Å²) >= 11 is 0. The number of fused-ring (bicyclic) bond motifs is 1. The number of methoxy groups -OCH3 is 1. The van der Waals surface area contributed by atoms with Gasteiger partial charge in [-0.2, -0.15) is 0 Å². The van der Waals surface area contributed by atoms with Gasteiger partial charge in [0.15, 0.2) is 0 Å². The van der Waals surface area contributed by atoms with Gasteiger partial charge < -0.3 is 19.6 Å². The Balaban J connectivity index is 1.54. The van der Waals surface area contributed by atoms with Crippen molar-refractivity contribution in [2.45, 2.75) is 38.0 Å². The molecule has 3 unspecified atom stereocenters. The molecule has 2 aliphatic rings. The molecule has 0 amide bonds. The predicted molar refractivity (Wildman–Crippen MR) is 130 cm³/mol. The number of aromatic carboxylic acids is 1. The number of hydrogen-bond acceptors (Lipinski definition) is 6. The second-order valence-corrected chi connectivity index (χ2v) is 8.75. The largest absolute Gasteiger partial charge is 0.478 e. The van der Waals surface area contributed by atoms with E-state index in [9.17, 15) is 19.5 Å². The number of H-pyrrole nitrogens is 1. The zero-order valence-corrected chi connectivity index (χ0v) is 19.8. The Hall–Kier alpha value is -4.24. The van der Waals surface area contributed by atoms with Crippen LogP contribution in [0, 0.1) is 0 Å². The van der Waals surface area contributed by atoms with Crippen LogP contribution in [0.25, 0.3) is 6.08 Å². The molecule has 0 spiro atoms. The Kier molecular flexibility index (Phi) is 6.15. The van der Waals surface area contributed by atoms with Crippen molar-refractivity contribution in [1.29, 1.82) is 0 Å². The van der Waals surface area contributed by atoms with E-state index in [1.54, 1.807) is 37.3 Å². The molecule has 0 saturated carbocycles. The monoisotopic (exact) mass is 487 g/mol. The zero-order valence-electron chi connectivity index (χ0n) is 19.8. The molecule has 5 rings (SSSR count). The number of hydrogen-bond donors (Lipinski definition) is 2. The van der Waals surface area contributed by atoms with E-state index in [1.807, 2.05) is 30.3 Å². The molecule has 2 aromatic carbocycles. The van der Waals surface area contributed by atoms with Gasteiger partial charge in [-0.3, -0.25) is 9.36 Å². The second-order valence-electron chi connectivity index (χ2n) is 8.75. The number of nitrogens with zero attached hydrogens (tertiary/aromatic N) is 2. The van der Waals surface area contributed by atoms with Crippen LogP contribution >= 0.6 is 0 Å². The fraction of sp³-hybridized carbons (Fsp3) is 0.259. The molecule has 9 heteroatoms. The van der Waals surface area contributed by atoms with E-state index in [0.717, 1.165) is 5.56 Å². The van der Waals surface area contributed by atoms with Gasteiger partial charge in [-0.05, 0) is 43.0 Å². The molecular weight excluding hydrogens is 462 g/mol. The molecule has 9 nitrogen and oxygen atoms in total. The number of rotatable bonds is 5. The normalized spacial score (nSPS) is 21.7. The maximum Gasteiger partial charge on any atom is 0.338 e. The summed E-state index contributed by atoms with van der Waals surface area (Å²) in [6, 6.07) is 15.3. The SMILES string of the molecule is COC(=O)C1=C(C)N=c2[nH]c(=CC3CCC(c4ccccc4C(=O)O)O3)c(=O)n2C1c1ccccc1. The highest BCUT2D eigenvalue weighted by Crippen LogP contribution is 2.35. The number of carbonyl (C=O) groups excluding carboxylic acids is 1. The van der Waals surface area contributed by atoms with Crippen molar-refractivity contribution in [1.82, 2.24) is 9.55 Å². The van der Waals surface area contributed by atoms with Crippen LogP contribution in [0.15, 0.2) is 75.7 Å². The average Bonchev–Trinajstić information content (AvgIpc) is 3.47. The molecule has 0 bridgehead atoms. The zero-order chi connectivity index (χ0) is 25.4. The smallest absolute Gasteiger partial charge is 0.338 e. The Labute approximate surface area is 206 Å². The lowest BCUT2D eigenvalue weighted by Gasteiger charge is -2.24. The van der Waals surface area contributed by atoms with Gasteiger partial charge in [0, 0.05) is 0 Å². The lowest BCUT2D eigenvalue weighted by Crippen LogP contribution is -2.40. The van der Waals surface area contributed by atoms with Gasteiger partial charge >= 0.3 is 11.9 Å². The first-order valence-corrected chi connectivity index (χ1v) is 11.6. The van der Waals surface area contributed by atoms with E-state index in [1.165, 1.54) is 11.7 Å². The standard InChI is InChI=1S/C27H25N3O6/c1-15-22(26(34)35-2)23(16-8-4-3-5-9-16)30-24(31)20(29-27(30)28-15)14-17-12-13-21(36-17)18-10-6-7-11-19(18)25(32)33/h3-11,14,17,21,23H,12-13H2,1-2H3,(H,28,29)(H,32,33). The maximum atomic E-state index is 13.6. The Morgan fingerprint density at radius 2 is 1.86 bits per heavy atom. The van der Waals surface area contributed by atoms with Crippen molar-refractivity contribution in [2.24, 2.45) is 4.99 Å². The van der Waals surface area contributed by atoms with Crippen molar-refractivity contribution in [3.05, 3.63) is 104 Å². The molecular formula is C27H25N3O6. The third kappa shape index (κ3) is 4.07. The summed E-state index contributed by atoms with van der Waals surface area (Å²) in [6.07, 6.45) is 2.17. The van der Waals surface area contributed by atoms with Gasteiger partial charge in [0.1, 0.15) is 5.35 Å². The third-order valence-corrected chi connectivity index (χ3v) is 6.58. The van der Waals surface area contributed by atoms with Crippen LogP contribution in [0.2, 0.25) is 0 Å². The van der Waals surface area contributed by atoms with Crippen molar-refractivity contribution in [2.75, 3.05) is 7.11 Å². The van der Waals surface area contributed by atoms with Crippen LogP contribution in [0.1, 0.15) is 53.4 Å². The summed E-state index contributed by atoms with van der Waals surface area (Å²) in [6.45, 7) is 1.71. The fourth-order valence-electron chi connectivity index (χ4n) is 4.93. The van der Waals surface area contributed by atoms with E-state index in [-0.39, 0.29) is 17.2 Å². The molecule has 3 aromatic rings. The van der Waals surface area contributed by atoms with Crippen LogP contribution in [0.4, 0.5) is 0 Å². The molecule has 0 aliphatic carbocycles.